The molecule has 4 rings (SSSR count). The van der Waals surface area contributed by atoms with Crippen molar-refractivity contribution in [2.75, 3.05) is 0 Å². The summed E-state index contributed by atoms with van der Waals surface area (Å²) in [4.78, 5) is 22.3. The number of rotatable bonds is 2. The first-order chi connectivity index (χ1) is 7.11. The molecule has 4 heteroatoms. The predicted molar refractivity (Wildman–Crippen MR) is 50.0 cm³/mol. The van der Waals surface area contributed by atoms with E-state index in [2.05, 4.69) is 0 Å². The van der Waals surface area contributed by atoms with E-state index >= 15 is 0 Å². The Balaban J connectivity index is 2.02. The minimum absolute atomic E-state index is 0.0430. The molecule has 2 saturated carbocycles. The van der Waals surface area contributed by atoms with Crippen molar-refractivity contribution in [2.45, 2.75) is 6.42 Å². The molecule has 2 N–H and O–H groups in total. The average Bonchev–Trinajstić information content (AvgIpc) is 2.96. The Morgan fingerprint density at radius 2 is 1.33 bits per heavy atom. The summed E-state index contributed by atoms with van der Waals surface area (Å²) in [6.07, 6.45) is 4.87. The summed E-state index contributed by atoms with van der Waals surface area (Å²) in [7, 11) is 0. The molecule has 2 fully saturated rings. The zero-order valence-corrected chi connectivity index (χ0v) is 8.04. The molecule has 0 radical (unpaired) electrons. The number of hydrogen-bond donors (Lipinski definition) is 2. The van der Waals surface area contributed by atoms with Crippen LogP contribution in [-0.2, 0) is 9.59 Å². The van der Waals surface area contributed by atoms with Gasteiger partial charge in [0.05, 0.1) is 11.8 Å². The Morgan fingerprint density at radius 3 is 1.67 bits per heavy atom. The highest BCUT2D eigenvalue weighted by Crippen LogP contribution is 2.63. The fourth-order valence-electron chi connectivity index (χ4n) is 3.55. The highest BCUT2D eigenvalue weighted by molar-refractivity contribution is 5.82. The summed E-state index contributed by atoms with van der Waals surface area (Å²) in [5.74, 6) is -2.52. The number of fused-ring (bicyclic) bond motifs is 1. The molecule has 4 aliphatic carbocycles. The van der Waals surface area contributed by atoms with Crippen LogP contribution < -0.4 is 0 Å². The lowest BCUT2D eigenvalue weighted by atomic mass is 9.62. The zero-order valence-electron chi connectivity index (χ0n) is 8.04. The molecule has 0 unspecified atom stereocenters. The molecular formula is C11H12O4. The van der Waals surface area contributed by atoms with Crippen molar-refractivity contribution in [1.82, 2.24) is 0 Å². The molecule has 15 heavy (non-hydrogen) atoms. The molecule has 6 atom stereocenters. The molecule has 0 heterocycles. The first kappa shape index (κ1) is 8.95. The van der Waals surface area contributed by atoms with E-state index in [-0.39, 0.29) is 11.8 Å². The van der Waals surface area contributed by atoms with Gasteiger partial charge in [0.25, 0.3) is 0 Å². The zero-order chi connectivity index (χ0) is 10.7. The monoisotopic (exact) mass is 208 g/mol. The fraction of sp³-hybridized carbons (Fsp3) is 0.636. The molecule has 0 amide bonds. The molecule has 0 aromatic heterocycles. The summed E-state index contributed by atoms with van der Waals surface area (Å²) >= 11 is 0. The van der Waals surface area contributed by atoms with Crippen molar-refractivity contribution in [2.24, 2.45) is 35.5 Å². The highest BCUT2D eigenvalue weighted by atomic mass is 16.4. The lowest BCUT2D eigenvalue weighted by Crippen LogP contribution is -2.46. The normalized spacial score (nSPS) is 49.9. The molecule has 4 aliphatic rings. The SMILES string of the molecule is O=C(O)[C@H]1[C@H]2C=C[C@@H]([C@@H]3C[C@H]23)[C@@H]1C(=O)O. The third-order valence-electron chi connectivity index (χ3n) is 4.22. The number of hydrogen-bond acceptors (Lipinski definition) is 2. The van der Waals surface area contributed by atoms with Gasteiger partial charge < -0.3 is 10.2 Å². The summed E-state index contributed by atoms with van der Waals surface area (Å²) in [6.45, 7) is 0. The quantitative estimate of drug-likeness (QED) is 0.659. The van der Waals surface area contributed by atoms with Gasteiger partial charge in [-0.15, -0.1) is 0 Å². The maximum atomic E-state index is 11.1. The molecule has 0 aromatic rings. The number of carboxylic acids is 2. The first-order valence-electron chi connectivity index (χ1n) is 5.25. The van der Waals surface area contributed by atoms with E-state index in [0.29, 0.717) is 11.8 Å². The molecule has 0 aromatic carbocycles. The van der Waals surface area contributed by atoms with Crippen LogP contribution in [0.25, 0.3) is 0 Å². The van der Waals surface area contributed by atoms with Crippen molar-refractivity contribution in [3.63, 3.8) is 0 Å². The van der Waals surface area contributed by atoms with Crippen molar-refractivity contribution < 1.29 is 19.8 Å². The Hall–Kier alpha value is -1.32. The molecule has 0 aliphatic heterocycles. The van der Waals surface area contributed by atoms with E-state index in [4.69, 9.17) is 10.2 Å². The third-order valence-corrected chi connectivity index (χ3v) is 4.22. The number of allylic oxidation sites excluding steroid dienone is 2. The Kier molecular flexibility index (Phi) is 1.56. The summed E-state index contributed by atoms with van der Waals surface area (Å²) < 4.78 is 0. The van der Waals surface area contributed by atoms with Gasteiger partial charge in [-0.05, 0) is 30.1 Å². The van der Waals surface area contributed by atoms with Crippen LogP contribution in [0.4, 0.5) is 0 Å². The van der Waals surface area contributed by atoms with Crippen molar-refractivity contribution in [3.8, 4) is 0 Å². The minimum atomic E-state index is -0.952. The predicted octanol–water partition coefficient (Wildman–Crippen LogP) is 0.840. The van der Waals surface area contributed by atoms with E-state index in [1.807, 2.05) is 12.2 Å². The second kappa shape index (κ2) is 2.62. The van der Waals surface area contributed by atoms with E-state index in [1.165, 1.54) is 0 Å². The topological polar surface area (TPSA) is 74.6 Å². The lowest BCUT2D eigenvalue weighted by molar-refractivity contribution is -0.160. The molecule has 4 nitrogen and oxygen atoms in total. The number of carboxylic acid groups (broad SMARTS) is 2. The van der Waals surface area contributed by atoms with Crippen LogP contribution in [-0.4, -0.2) is 22.2 Å². The van der Waals surface area contributed by atoms with Gasteiger partial charge in [0.2, 0.25) is 0 Å². The van der Waals surface area contributed by atoms with Crippen LogP contribution in [0.2, 0.25) is 0 Å². The van der Waals surface area contributed by atoms with Gasteiger partial charge in [-0.3, -0.25) is 9.59 Å². The molecule has 80 valence electrons. The van der Waals surface area contributed by atoms with Crippen LogP contribution in [0.5, 0.6) is 0 Å². The van der Waals surface area contributed by atoms with Gasteiger partial charge in [-0.2, -0.15) is 0 Å². The van der Waals surface area contributed by atoms with Gasteiger partial charge in [0.15, 0.2) is 0 Å². The first-order valence-corrected chi connectivity index (χ1v) is 5.25. The van der Waals surface area contributed by atoms with Crippen molar-refractivity contribution >= 4 is 11.9 Å². The Bertz CT molecular complexity index is 339. The van der Waals surface area contributed by atoms with Crippen molar-refractivity contribution in [3.05, 3.63) is 12.2 Å². The van der Waals surface area contributed by atoms with Gasteiger partial charge in [0, 0.05) is 0 Å². The van der Waals surface area contributed by atoms with E-state index in [9.17, 15) is 9.59 Å². The fourth-order valence-corrected chi connectivity index (χ4v) is 3.55. The maximum absolute atomic E-state index is 11.1. The Labute approximate surface area is 86.6 Å². The molecule has 0 saturated heterocycles. The number of carbonyl (C=O) groups is 2. The Morgan fingerprint density at radius 1 is 0.933 bits per heavy atom. The second-order valence-electron chi connectivity index (χ2n) is 4.83. The summed E-state index contributed by atoms with van der Waals surface area (Å²) in [5.41, 5.74) is 0. The molecule has 0 spiro atoms. The summed E-state index contributed by atoms with van der Waals surface area (Å²) in [5, 5.41) is 18.2. The second-order valence-corrected chi connectivity index (χ2v) is 4.83. The molecular weight excluding hydrogens is 196 g/mol. The van der Waals surface area contributed by atoms with Crippen molar-refractivity contribution in [1.29, 1.82) is 0 Å². The standard InChI is InChI=1S/C11H12O4/c12-10(13)8-4-1-2-5(7-3-6(4)7)9(8)11(14)15/h1-2,4-9H,3H2,(H,12,13)(H,14,15)/t4-,5-,6-,7+,8-,9-/m0/s1. The van der Waals surface area contributed by atoms with E-state index in [1.54, 1.807) is 0 Å². The van der Waals surface area contributed by atoms with Crippen LogP contribution in [0.1, 0.15) is 6.42 Å². The third kappa shape index (κ3) is 1.02. The van der Waals surface area contributed by atoms with Crippen LogP contribution in [0.15, 0.2) is 12.2 Å². The maximum Gasteiger partial charge on any atom is 0.308 e. The van der Waals surface area contributed by atoms with E-state index < -0.39 is 23.8 Å². The number of aliphatic carboxylic acids is 2. The lowest BCUT2D eigenvalue weighted by Gasteiger charge is -2.40. The average molecular weight is 208 g/mol. The van der Waals surface area contributed by atoms with Crippen LogP contribution in [0, 0.1) is 35.5 Å². The van der Waals surface area contributed by atoms with Gasteiger partial charge in [-0.25, -0.2) is 0 Å². The van der Waals surface area contributed by atoms with Gasteiger partial charge >= 0.3 is 11.9 Å². The smallest absolute Gasteiger partial charge is 0.308 e. The minimum Gasteiger partial charge on any atom is -0.481 e. The highest BCUT2D eigenvalue weighted by Gasteiger charge is 2.63. The van der Waals surface area contributed by atoms with Crippen LogP contribution in [0.3, 0.4) is 0 Å². The largest absolute Gasteiger partial charge is 0.481 e. The molecule has 2 bridgehead atoms. The van der Waals surface area contributed by atoms with Gasteiger partial charge in [-0.1, -0.05) is 12.2 Å². The summed E-state index contributed by atoms with van der Waals surface area (Å²) in [6, 6.07) is 0. The van der Waals surface area contributed by atoms with Crippen LogP contribution >= 0.6 is 0 Å². The van der Waals surface area contributed by atoms with Gasteiger partial charge in [0.1, 0.15) is 0 Å². The van der Waals surface area contributed by atoms with E-state index in [0.717, 1.165) is 6.42 Å².